The van der Waals surface area contributed by atoms with Crippen molar-refractivity contribution in [1.29, 1.82) is 0 Å². The van der Waals surface area contributed by atoms with E-state index in [1.165, 1.54) is 13.0 Å². The van der Waals surface area contributed by atoms with Crippen LogP contribution in [0.15, 0.2) is 11.6 Å². The summed E-state index contributed by atoms with van der Waals surface area (Å²) < 4.78 is 31.3. The zero-order valence-electron chi connectivity index (χ0n) is 7.18. The standard InChI is InChI=1S/C6H10O6S/c1-3-4-5(2)6(7)11-12-13(8,9)10/h4H,3H2,1-2H3,(H,8,9,10). The lowest BCUT2D eigenvalue weighted by molar-refractivity contribution is -0.209. The van der Waals surface area contributed by atoms with Gasteiger partial charge in [0.1, 0.15) is 0 Å². The Morgan fingerprint density at radius 2 is 2.08 bits per heavy atom. The molecule has 0 aliphatic heterocycles. The zero-order chi connectivity index (χ0) is 10.5. The molecule has 0 aromatic heterocycles. The predicted octanol–water partition coefficient (Wildman–Crippen LogP) is 0.620. The molecule has 7 heteroatoms. The van der Waals surface area contributed by atoms with Gasteiger partial charge in [0.2, 0.25) is 0 Å². The van der Waals surface area contributed by atoms with Gasteiger partial charge in [0, 0.05) is 5.57 Å². The number of hydrogen-bond acceptors (Lipinski definition) is 5. The summed E-state index contributed by atoms with van der Waals surface area (Å²) >= 11 is 0. The molecule has 76 valence electrons. The molecule has 0 saturated carbocycles. The van der Waals surface area contributed by atoms with Crippen LogP contribution in [0.5, 0.6) is 0 Å². The highest BCUT2D eigenvalue weighted by Gasteiger charge is 2.12. The van der Waals surface area contributed by atoms with Crippen molar-refractivity contribution in [2.45, 2.75) is 20.3 Å². The lowest BCUT2D eigenvalue weighted by Crippen LogP contribution is -2.11. The molecule has 0 saturated heterocycles. The zero-order valence-corrected chi connectivity index (χ0v) is 8.00. The van der Waals surface area contributed by atoms with Gasteiger partial charge in [-0.1, -0.05) is 13.0 Å². The molecule has 1 N–H and O–H groups in total. The van der Waals surface area contributed by atoms with Crippen LogP contribution in [0, 0.1) is 0 Å². The lowest BCUT2D eigenvalue weighted by atomic mass is 10.2. The molecule has 0 aliphatic carbocycles. The monoisotopic (exact) mass is 210 g/mol. The third-order valence-electron chi connectivity index (χ3n) is 1.03. The fourth-order valence-corrected chi connectivity index (χ4v) is 0.677. The molecule has 6 nitrogen and oxygen atoms in total. The van der Waals surface area contributed by atoms with Crippen LogP contribution < -0.4 is 0 Å². The number of hydrogen-bond donors (Lipinski definition) is 1. The SMILES string of the molecule is CCC=C(C)C(=O)OOS(=O)(=O)O. The number of carbonyl (C=O) groups is 1. The summed E-state index contributed by atoms with van der Waals surface area (Å²) in [5, 5.41) is 0. The van der Waals surface area contributed by atoms with E-state index >= 15 is 0 Å². The molecule has 0 aromatic carbocycles. The number of rotatable bonds is 4. The second kappa shape index (κ2) is 4.95. The van der Waals surface area contributed by atoms with Crippen LogP contribution >= 0.6 is 0 Å². The molecule has 0 spiro atoms. The van der Waals surface area contributed by atoms with E-state index in [1.54, 1.807) is 6.92 Å². The van der Waals surface area contributed by atoms with Crippen LogP contribution in [0.2, 0.25) is 0 Å². The van der Waals surface area contributed by atoms with E-state index in [0.29, 0.717) is 6.42 Å². The Balaban J connectivity index is 4.11. The largest absolute Gasteiger partial charge is 0.432 e. The highest BCUT2D eigenvalue weighted by atomic mass is 32.3. The molecule has 0 atom stereocenters. The molecule has 0 rings (SSSR count). The van der Waals surface area contributed by atoms with Gasteiger partial charge >= 0.3 is 16.4 Å². The molecule has 0 bridgehead atoms. The van der Waals surface area contributed by atoms with Crippen molar-refractivity contribution in [3.63, 3.8) is 0 Å². The fraction of sp³-hybridized carbons (Fsp3) is 0.500. The normalized spacial score (nSPS) is 12.7. The van der Waals surface area contributed by atoms with Gasteiger partial charge in [-0.2, -0.15) is 8.42 Å². The summed E-state index contributed by atoms with van der Waals surface area (Å²) in [5.74, 6) is -0.959. The Bertz CT molecular complexity index is 301. The highest BCUT2D eigenvalue weighted by Crippen LogP contribution is 2.00. The van der Waals surface area contributed by atoms with Crippen molar-refractivity contribution in [3.05, 3.63) is 11.6 Å². The van der Waals surface area contributed by atoms with Gasteiger partial charge in [0.25, 0.3) is 0 Å². The van der Waals surface area contributed by atoms with Gasteiger partial charge in [-0.15, -0.1) is 0 Å². The predicted molar refractivity (Wildman–Crippen MR) is 42.8 cm³/mol. The topological polar surface area (TPSA) is 89.9 Å². The summed E-state index contributed by atoms with van der Waals surface area (Å²) in [6.45, 7) is 3.22. The van der Waals surface area contributed by atoms with Crippen LogP contribution in [0.25, 0.3) is 0 Å². The maximum absolute atomic E-state index is 10.8. The van der Waals surface area contributed by atoms with Crippen molar-refractivity contribution in [2.24, 2.45) is 0 Å². The number of carbonyl (C=O) groups excluding carboxylic acids is 1. The molecule has 0 heterocycles. The molecule has 0 fully saturated rings. The smallest absolute Gasteiger partial charge is 0.275 e. The average Bonchev–Trinajstić information content (AvgIpc) is 1.99. The van der Waals surface area contributed by atoms with E-state index in [1.807, 2.05) is 0 Å². The van der Waals surface area contributed by atoms with Crippen LogP contribution in [0.4, 0.5) is 0 Å². The van der Waals surface area contributed by atoms with E-state index < -0.39 is 16.4 Å². The van der Waals surface area contributed by atoms with Crippen LogP contribution in [0.3, 0.4) is 0 Å². The Morgan fingerprint density at radius 3 is 2.46 bits per heavy atom. The fourth-order valence-electron chi connectivity index (χ4n) is 0.529. The third-order valence-corrected chi connectivity index (χ3v) is 1.27. The average molecular weight is 210 g/mol. The van der Waals surface area contributed by atoms with Gasteiger partial charge in [-0.05, 0) is 17.7 Å². The Hall–Kier alpha value is -0.920. The molecular weight excluding hydrogens is 200 g/mol. The molecule has 0 aliphatic rings. The minimum Gasteiger partial charge on any atom is -0.275 e. The molecular formula is C6H10O6S. The van der Waals surface area contributed by atoms with Crippen molar-refractivity contribution >= 4 is 16.4 Å². The summed E-state index contributed by atoms with van der Waals surface area (Å²) in [7, 11) is -4.74. The van der Waals surface area contributed by atoms with E-state index in [4.69, 9.17) is 4.55 Å². The van der Waals surface area contributed by atoms with Crippen LogP contribution in [0.1, 0.15) is 20.3 Å². The maximum atomic E-state index is 10.8. The van der Waals surface area contributed by atoms with Crippen molar-refractivity contribution < 1.29 is 27.0 Å². The Morgan fingerprint density at radius 1 is 1.54 bits per heavy atom. The van der Waals surface area contributed by atoms with Gasteiger partial charge in [-0.25, -0.2) is 4.79 Å². The number of allylic oxidation sites excluding steroid dienone is 1. The first-order chi connectivity index (χ1) is 5.87. The first-order valence-electron chi connectivity index (χ1n) is 3.41. The Labute approximate surface area is 76.0 Å². The summed E-state index contributed by atoms with van der Waals surface area (Å²) in [6.07, 6.45) is 2.13. The minimum absolute atomic E-state index is 0.200. The Kier molecular flexibility index (Phi) is 4.60. The molecule has 0 aromatic rings. The van der Waals surface area contributed by atoms with Gasteiger partial charge in [0.15, 0.2) is 0 Å². The van der Waals surface area contributed by atoms with E-state index in [-0.39, 0.29) is 5.57 Å². The van der Waals surface area contributed by atoms with Gasteiger partial charge in [0.05, 0.1) is 0 Å². The van der Waals surface area contributed by atoms with E-state index in [0.717, 1.165) is 0 Å². The molecule has 0 unspecified atom stereocenters. The quantitative estimate of drug-likeness (QED) is 0.316. The highest BCUT2D eigenvalue weighted by molar-refractivity contribution is 7.80. The van der Waals surface area contributed by atoms with Crippen molar-refractivity contribution in [1.82, 2.24) is 0 Å². The van der Waals surface area contributed by atoms with Gasteiger partial charge < -0.3 is 0 Å². The second-order valence-electron chi connectivity index (χ2n) is 2.16. The third kappa shape index (κ3) is 6.26. The summed E-state index contributed by atoms with van der Waals surface area (Å²) in [6, 6.07) is 0. The van der Waals surface area contributed by atoms with E-state index in [2.05, 4.69) is 9.22 Å². The first-order valence-corrected chi connectivity index (χ1v) is 4.78. The molecule has 13 heavy (non-hydrogen) atoms. The summed E-state index contributed by atoms with van der Waals surface area (Å²) in [5.41, 5.74) is 0.200. The molecule has 0 amide bonds. The first kappa shape index (κ1) is 12.1. The van der Waals surface area contributed by atoms with Crippen LogP contribution in [-0.4, -0.2) is 18.9 Å². The van der Waals surface area contributed by atoms with Gasteiger partial charge in [-0.3, -0.25) is 9.44 Å². The lowest BCUT2D eigenvalue weighted by Gasteiger charge is -1.98. The minimum atomic E-state index is -4.74. The van der Waals surface area contributed by atoms with Crippen molar-refractivity contribution in [2.75, 3.05) is 0 Å². The van der Waals surface area contributed by atoms with Crippen LogP contribution in [-0.2, 0) is 24.4 Å². The van der Waals surface area contributed by atoms with Crippen molar-refractivity contribution in [3.8, 4) is 0 Å². The van der Waals surface area contributed by atoms with E-state index in [9.17, 15) is 13.2 Å². The maximum Gasteiger partial charge on any atom is 0.432 e. The second-order valence-corrected chi connectivity index (χ2v) is 3.15. The molecule has 0 radical (unpaired) electrons. The summed E-state index contributed by atoms with van der Waals surface area (Å²) in [4.78, 5) is 14.6.